The van der Waals surface area contributed by atoms with Gasteiger partial charge in [-0.1, -0.05) is 0 Å². The van der Waals surface area contributed by atoms with Crippen LogP contribution in [0.4, 0.5) is 0 Å². The maximum atomic E-state index is 8.52. The molecule has 0 amide bonds. The van der Waals surface area contributed by atoms with Gasteiger partial charge in [0.1, 0.15) is 0 Å². The Hall–Kier alpha value is 0.803. The SMILES string of the molecule is NN.O=S(=O)([O-])[O-].O=S(=O)([O-])[O-].[Cu+2].[Zn+2]. The van der Waals surface area contributed by atoms with Crippen LogP contribution < -0.4 is 11.7 Å². The molecule has 0 atom stereocenters. The van der Waals surface area contributed by atoms with Crippen LogP contribution in [0.15, 0.2) is 0 Å². The number of hydrogen-bond donors (Lipinski definition) is 2. The standard InChI is InChI=1S/Cu.H4N2.2H2O4S.Zn/c;1-2;2*1-5(2,3)4;/h;1-2H2;2*(H2,1,2,3,4);/q+2;;;;+2/p-4. The maximum absolute atomic E-state index is 8.52. The minimum absolute atomic E-state index is 0. The van der Waals surface area contributed by atoms with Crippen LogP contribution in [0.3, 0.4) is 0 Å². The van der Waals surface area contributed by atoms with Gasteiger partial charge < -0.3 is 18.2 Å². The molecule has 0 rings (SSSR count). The Bertz CT molecular complexity index is 222. The smallest absolute Gasteiger partial charge is 0.759 e. The van der Waals surface area contributed by atoms with Crippen molar-refractivity contribution >= 4 is 20.8 Å². The van der Waals surface area contributed by atoms with Gasteiger partial charge in [-0.25, -0.2) is 0 Å². The van der Waals surface area contributed by atoms with Gasteiger partial charge >= 0.3 is 36.5 Å². The zero-order valence-electron chi connectivity index (χ0n) is 6.25. The van der Waals surface area contributed by atoms with E-state index in [1.54, 1.807) is 0 Å². The fourth-order valence-corrected chi connectivity index (χ4v) is 0. The monoisotopic (exact) mass is 351 g/mol. The number of hydrazine groups is 1. The van der Waals surface area contributed by atoms with E-state index in [2.05, 4.69) is 11.7 Å². The van der Waals surface area contributed by atoms with Crippen LogP contribution in [0.1, 0.15) is 0 Å². The van der Waals surface area contributed by atoms with Crippen molar-refractivity contribution < 1.29 is 71.6 Å². The van der Waals surface area contributed by atoms with Crippen LogP contribution >= 0.6 is 0 Å². The molecule has 0 unspecified atom stereocenters. The first kappa shape index (κ1) is 29.3. The summed E-state index contributed by atoms with van der Waals surface area (Å²) < 4.78 is 68.2. The molecule has 0 aliphatic rings. The molecule has 14 heavy (non-hydrogen) atoms. The summed E-state index contributed by atoms with van der Waals surface area (Å²) in [5.41, 5.74) is 0. The zero-order chi connectivity index (χ0) is 11.0. The Morgan fingerprint density at radius 2 is 0.714 bits per heavy atom. The molecular weight excluding hydrogens is 349 g/mol. The van der Waals surface area contributed by atoms with Gasteiger partial charge in [-0.15, -0.1) is 0 Å². The van der Waals surface area contributed by atoms with Gasteiger partial charge in [0, 0.05) is 20.8 Å². The van der Waals surface area contributed by atoms with Crippen LogP contribution in [-0.2, 0) is 57.3 Å². The van der Waals surface area contributed by atoms with Crippen molar-refractivity contribution in [3.63, 3.8) is 0 Å². The van der Waals surface area contributed by atoms with E-state index in [1.165, 1.54) is 0 Å². The van der Waals surface area contributed by atoms with E-state index in [0.717, 1.165) is 0 Å². The van der Waals surface area contributed by atoms with E-state index in [1.807, 2.05) is 0 Å². The quantitative estimate of drug-likeness (QED) is 0.142. The Morgan fingerprint density at radius 1 is 0.714 bits per heavy atom. The second kappa shape index (κ2) is 13.8. The molecule has 1 radical (unpaired) electrons. The van der Waals surface area contributed by atoms with E-state index in [0.29, 0.717) is 0 Å². The Morgan fingerprint density at radius 3 is 0.714 bits per heavy atom. The van der Waals surface area contributed by atoms with Crippen LogP contribution in [0, 0.1) is 0 Å². The minimum atomic E-state index is -5.17. The van der Waals surface area contributed by atoms with Gasteiger partial charge in [0.2, 0.25) is 0 Å². The number of hydrogen-bond acceptors (Lipinski definition) is 10. The fourth-order valence-electron chi connectivity index (χ4n) is 0. The summed E-state index contributed by atoms with van der Waals surface area (Å²) in [5.74, 6) is 8.00. The molecule has 0 aromatic heterocycles. The average Bonchev–Trinajstić information content (AvgIpc) is 1.59. The normalized spacial score (nSPS) is 8.71. The summed E-state index contributed by atoms with van der Waals surface area (Å²) in [7, 11) is -10.3. The molecule has 0 saturated carbocycles. The van der Waals surface area contributed by atoms with Crippen molar-refractivity contribution in [1.29, 1.82) is 0 Å². The predicted molar refractivity (Wildman–Crippen MR) is 29.3 cm³/mol. The number of rotatable bonds is 0. The van der Waals surface area contributed by atoms with E-state index in [-0.39, 0.29) is 36.5 Å². The molecular formula is H4CuN2O8S2Zn. The van der Waals surface area contributed by atoms with Crippen LogP contribution in [0.5, 0.6) is 0 Å². The molecule has 0 aromatic carbocycles. The van der Waals surface area contributed by atoms with Crippen molar-refractivity contribution in [2.24, 2.45) is 11.7 Å². The minimum Gasteiger partial charge on any atom is -0.759 e. The predicted octanol–water partition coefficient (Wildman–Crippen LogP) is -3.86. The Balaban J connectivity index is -0.0000000292. The summed E-state index contributed by atoms with van der Waals surface area (Å²) in [4.78, 5) is 0. The van der Waals surface area contributed by atoms with E-state index < -0.39 is 20.8 Å². The molecule has 14 heteroatoms. The molecule has 0 aromatic rings. The first-order valence-corrected chi connectivity index (χ1v) is 4.33. The van der Waals surface area contributed by atoms with Crippen LogP contribution in [-0.4, -0.2) is 35.0 Å². The van der Waals surface area contributed by atoms with E-state index >= 15 is 0 Å². The second-order valence-electron chi connectivity index (χ2n) is 0.816. The van der Waals surface area contributed by atoms with Crippen molar-refractivity contribution in [3.05, 3.63) is 0 Å². The Kier molecular flexibility index (Phi) is 28.9. The van der Waals surface area contributed by atoms with E-state index in [4.69, 9.17) is 35.0 Å². The topological polar surface area (TPSA) is 213 Å². The number of nitrogens with two attached hydrogens (primary N) is 2. The molecule has 0 fully saturated rings. The third-order valence-electron chi connectivity index (χ3n) is 0. The maximum Gasteiger partial charge on any atom is 2.00 e. The van der Waals surface area contributed by atoms with Gasteiger partial charge in [0.15, 0.2) is 0 Å². The molecule has 0 bridgehead atoms. The second-order valence-corrected chi connectivity index (χ2v) is 2.45. The molecule has 0 heterocycles. The van der Waals surface area contributed by atoms with Crippen molar-refractivity contribution in [2.75, 3.05) is 0 Å². The molecule has 87 valence electrons. The van der Waals surface area contributed by atoms with Crippen LogP contribution in [0.25, 0.3) is 0 Å². The first-order chi connectivity index (χ1) is 5.00. The summed E-state index contributed by atoms with van der Waals surface area (Å²) >= 11 is 0. The summed E-state index contributed by atoms with van der Waals surface area (Å²) in [6.45, 7) is 0. The van der Waals surface area contributed by atoms with Crippen molar-refractivity contribution in [1.82, 2.24) is 0 Å². The third-order valence-corrected chi connectivity index (χ3v) is 0. The molecule has 10 nitrogen and oxygen atoms in total. The van der Waals surface area contributed by atoms with Gasteiger partial charge in [0.25, 0.3) is 0 Å². The first-order valence-electron chi connectivity index (χ1n) is 1.67. The van der Waals surface area contributed by atoms with Crippen molar-refractivity contribution in [3.8, 4) is 0 Å². The largest absolute Gasteiger partial charge is 2.00 e. The van der Waals surface area contributed by atoms with Gasteiger partial charge in [0.05, 0.1) is 0 Å². The average molecular weight is 353 g/mol. The van der Waals surface area contributed by atoms with Crippen LogP contribution in [0.2, 0.25) is 0 Å². The van der Waals surface area contributed by atoms with Crippen molar-refractivity contribution in [2.45, 2.75) is 0 Å². The molecule has 0 aliphatic heterocycles. The molecule has 4 N–H and O–H groups in total. The van der Waals surface area contributed by atoms with Gasteiger partial charge in [-0.05, 0) is 0 Å². The van der Waals surface area contributed by atoms with E-state index in [9.17, 15) is 0 Å². The Labute approximate surface area is 104 Å². The third kappa shape index (κ3) is 2770. The van der Waals surface area contributed by atoms with Gasteiger partial charge in [-0.2, -0.15) is 0 Å². The summed E-state index contributed by atoms with van der Waals surface area (Å²) in [6, 6.07) is 0. The molecule has 0 aliphatic carbocycles. The summed E-state index contributed by atoms with van der Waals surface area (Å²) in [5, 5.41) is 0. The summed E-state index contributed by atoms with van der Waals surface area (Å²) in [6.07, 6.45) is 0. The zero-order valence-corrected chi connectivity index (χ0v) is 11.8. The fraction of sp³-hybridized carbons (Fsp3) is 0. The molecule has 0 saturated heterocycles. The van der Waals surface area contributed by atoms with Gasteiger partial charge in [-0.3, -0.25) is 28.5 Å². The molecule has 0 spiro atoms.